The van der Waals surface area contributed by atoms with Crippen LogP contribution in [0.3, 0.4) is 0 Å². The van der Waals surface area contributed by atoms with Gasteiger partial charge in [-0.1, -0.05) is 36.5 Å². The number of hydrogen-bond acceptors (Lipinski definition) is 7. The fraction of sp³-hybridized carbons (Fsp3) is 0.0500. The van der Waals surface area contributed by atoms with E-state index in [1.165, 1.54) is 24.3 Å². The summed E-state index contributed by atoms with van der Waals surface area (Å²) in [7, 11) is 0. The van der Waals surface area contributed by atoms with Crippen LogP contribution in [0, 0.1) is 10.1 Å². The zero-order valence-electron chi connectivity index (χ0n) is 15.4. The number of nitro benzene ring substituents is 1. The monoisotopic (exact) mass is 441 g/mol. The molecule has 0 aliphatic carbocycles. The summed E-state index contributed by atoms with van der Waals surface area (Å²) in [6, 6.07) is 12.1. The van der Waals surface area contributed by atoms with E-state index in [9.17, 15) is 19.7 Å². The van der Waals surface area contributed by atoms with E-state index in [2.05, 4.69) is 12.0 Å². The van der Waals surface area contributed by atoms with Crippen molar-refractivity contribution in [3.05, 3.63) is 87.3 Å². The number of thiocarbonyl (C=S) groups is 1. The first-order chi connectivity index (χ1) is 14.4. The predicted octanol–water partition coefficient (Wildman–Crippen LogP) is 3.71. The third-order valence-electron chi connectivity index (χ3n) is 3.89. The number of nitro groups is 1. The van der Waals surface area contributed by atoms with Gasteiger partial charge in [-0.25, -0.2) is 0 Å². The molecule has 0 saturated carbocycles. The van der Waals surface area contributed by atoms with Crippen molar-refractivity contribution in [3.8, 4) is 5.75 Å². The van der Waals surface area contributed by atoms with Crippen molar-refractivity contribution in [2.75, 3.05) is 6.61 Å². The molecular weight excluding hydrogens is 426 g/mol. The van der Waals surface area contributed by atoms with E-state index >= 15 is 0 Å². The SMILES string of the molecule is C=CCOc1ccc(/C=C2\SC(=S)N(NC(=O)c3ccc([N+](=O)[O-])cc3)C2=O)cc1. The quantitative estimate of drug-likeness (QED) is 0.230. The van der Waals surface area contributed by atoms with Crippen LogP contribution in [-0.4, -0.2) is 32.7 Å². The Morgan fingerprint density at radius 1 is 1.23 bits per heavy atom. The molecule has 0 bridgehead atoms. The molecule has 2 aromatic rings. The van der Waals surface area contributed by atoms with Gasteiger partial charge < -0.3 is 4.74 Å². The summed E-state index contributed by atoms with van der Waals surface area (Å²) >= 11 is 6.26. The standard InChI is InChI=1S/C20H15N3O5S2/c1-2-11-28-16-9-3-13(4-10-16)12-17-19(25)22(20(29)30-17)21-18(24)14-5-7-15(8-6-14)23(26)27/h2-10,12H,1,11H2,(H,21,24)/b17-12-. The van der Waals surface area contributed by atoms with Crippen LogP contribution in [0.15, 0.2) is 66.1 Å². The summed E-state index contributed by atoms with van der Waals surface area (Å²) in [5.74, 6) is -0.395. The predicted molar refractivity (Wildman–Crippen MR) is 118 cm³/mol. The maximum atomic E-state index is 12.6. The maximum absolute atomic E-state index is 12.6. The molecular formula is C20H15N3O5S2. The number of carbonyl (C=O) groups is 2. The van der Waals surface area contributed by atoms with Crippen molar-refractivity contribution in [1.29, 1.82) is 0 Å². The molecule has 2 aromatic carbocycles. The number of hydrogen-bond donors (Lipinski definition) is 1. The number of ether oxygens (including phenoxy) is 1. The number of amides is 2. The van der Waals surface area contributed by atoms with Crippen LogP contribution in [0.2, 0.25) is 0 Å². The highest BCUT2D eigenvalue weighted by atomic mass is 32.2. The van der Waals surface area contributed by atoms with Crippen molar-refractivity contribution >= 4 is 51.9 Å². The molecule has 0 aromatic heterocycles. The van der Waals surface area contributed by atoms with E-state index in [0.29, 0.717) is 17.3 Å². The summed E-state index contributed by atoms with van der Waals surface area (Å²) in [5.41, 5.74) is 3.22. The lowest BCUT2D eigenvalue weighted by Gasteiger charge is -2.15. The Kier molecular flexibility index (Phi) is 6.60. The second-order valence-corrected chi connectivity index (χ2v) is 7.61. The average molecular weight is 441 g/mol. The van der Waals surface area contributed by atoms with Crippen LogP contribution in [0.25, 0.3) is 6.08 Å². The van der Waals surface area contributed by atoms with Crippen molar-refractivity contribution in [3.63, 3.8) is 0 Å². The second-order valence-electron chi connectivity index (χ2n) is 5.93. The third kappa shape index (κ3) is 4.91. The first-order valence-corrected chi connectivity index (χ1v) is 9.78. The van der Waals surface area contributed by atoms with Crippen LogP contribution in [0.4, 0.5) is 5.69 Å². The van der Waals surface area contributed by atoms with Crippen LogP contribution in [0.1, 0.15) is 15.9 Å². The van der Waals surface area contributed by atoms with Gasteiger partial charge in [0.1, 0.15) is 12.4 Å². The van der Waals surface area contributed by atoms with Crippen LogP contribution in [-0.2, 0) is 4.79 Å². The molecule has 1 N–H and O–H groups in total. The highest BCUT2D eigenvalue weighted by Crippen LogP contribution is 2.31. The number of hydrazine groups is 1. The summed E-state index contributed by atoms with van der Waals surface area (Å²) in [6.45, 7) is 3.98. The zero-order chi connectivity index (χ0) is 21.7. The van der Waals surface area contributed by atoms with Crippen molar-refractivity contribution in [2.24, 2.45) is 0 Å². The number of benzene rings is 2. The summed E-state index contributed by atoms with van der Waals surface area (Å²) < 4.78 is 5.59. The highest BCUT2D eigenvalue weighted by molar-refractivity contribution is 8.26. The molecule has 2 amide bonds. The van der Waals surface area contributed by atoms with Gasteiger partial charge >= 0.3 is 0 Å². The fourth-order valence-corrected chi connectivity index (χ4v) is 3.61. The molecule has 30 heavy (non-hydrogen) atoms. The largest absolute Gasteiger partial charge is 0.490 e. The molecule has 8 nitrogen and oxygen atoms in total. The summed E-state index contributed by atoms with van der Waals surface area (Å²) in [4.78, 5) is 35.5. The van der Waals surface area contributed by atoms with E-state index in [-0.39, 0.29) is 15.6 Å². The normalized spacial score (nSPS) is 14.7. The second kappa shape index (κ2) is 9.33. The summed E-state index contributed by atoms with van der Waals surface area (Å²) in [6.07, 6.45) is 3.30. The molecule has 1 aliphatic rings. The molecule has 0 radical (unpaired) electrons. The number of thioether (sulfide) groups is 1. The summed E-state index contributed by atoms with van der Waals surface area (Å²) in [5, 5.41) is 11.7. The molecule has 152 valence electrons. The highest BCUT2D eigenvalue weighted by Gasteiger charge is 2.33. The van der Waals surface area contributed by atoms with Crippen molar-refractivity contribution in [2.45, 2.75) is 0 Å². The minimum Gasteiger partial charge on any atom is -0.490 e. The van der Waals surface area contributed by atoms with Crippen LogP contribution >= 0.6 is 24.0 Å². The number of carbonyl (C=O) groups excluding carboxylic acids is 2. The molecule has 0 unspecified atom stereocenters. The Morgan fingerprint density at radius 3 is 2.50 bits per heavy atom. The topological polar surface area (TPSA) is 102 Å². The molecule has 10 heteroatoms. The number of nitrogens with zero attached hydrogens (tertiary/aromatic N) is 2. The lowest BCUT2D eigenvalue weighted by molar-refractivity contribution is -0.384. The van der Waals surface area contributed by atoms with Gasteiger partial charge in [-0.2, -0.15) is 5.01 Å². The van der Waals surface area contributed by atoms with Gasteiger partial charge in [0.15, 0.2) is 4.32 Å². The smallest absolute Gasteiger partial charge is 0.285 e. The zero-order valence-corrected chi connectivity index (χ0v) is 17.1. The van der Waals surface area contributed by atoms with Gasteiger partial charge in [-0.3, -0.25) is 25.1 Å². The van der Waals surface area contributed by atoms with Gasteiger partial charge in [0.05, 0.1) is 9.83 Å². The average Bonchev–Trinajstić information content (AvgIpc) is 3.00. The lowest BCUT2D eigenvalue weighted by Crippen LogP contribution is -2.44. The van der Waals surface area contributed by atoms with Gasteiger partial charge in [0, 0.05) is 17.7 Å². The Balaban J connectivity index is 1.69. The molecule has 1 fully saturated rings. The molecule has 1 heterocycles. The van der Waals surface area contributed by atoms with E-state index in [0.717, 1.165) is 22.3 Å². The van der Waals surface area contributed by atoms with Gasteiger partial charge in [0.25, 0.3) is 17.5 Å². The number of rotatable bonds is 7. The van der Waals surface area contributed by atoms with Crippen molar-refractivity contribution < 1.29 is 19.2 Å². The molecule has 1 aliphatic heterocycles. The van der Waals surface area contributed by atoms with Crippen molar-refractivity contribution in [1.82, 2.24) is 10.4 Å². The minimum absolute atomic E-state index is 0.138. The Bertz CT molecular complexity index is 1050. The maximum Gasteiger partial charge on any atom is 0.285 e. The third-order valence-corrected chi connectivity index (χ3v) is 5.20. The van der Waals surface area contributed by atoms with E-state index in [1.54, 1.807) is 36.4 Å². The molecule has 0 spiro atoms. The first-order valence-electron chi connectivity index (χ1n) is 8.56. The fourth-order valence-electron chi connectivity index (χ4n) is 2.43. The first kappa shape index (κ1) is 21.2. The van der Waals surface area contributed by atoms with Gasteiger partial charge in [0.2, 0.25) is 0 Å². The lowest BCUT2D eigenvalue weighted by atomic mass is 10.2. The minimum atomic E-state index is -0.605. The van der Waals surface area contributed by atoms with Gasteiger partial charge in [-0.05, 0) is 48.1 Å². The van der Waals surface area contributed by atoms with E-state index in [4.69, 9.17) is 17.0 Å². The molecule has 3 rings (SSSR count). The Hall–Kier alpha value is -3.50. The Morgan fingerprint density at radius 2 is 1.90 bits per heavy atom. The van der Waals surface area contributed by atoms with Crippen LogP contribution < -0.4 is 10.2 Å². The Labute approximate surface area is 181 Å². The number of non-ortho nitro benzene ring substituents is 1. The van der Waals surface area contributed by atoms with E-state index < -0.39 is 16.7 Å². The van der Waals surface area contributed by atoms with E-state index in [1.807, 2.05) is 0 Å². The molecule has 1 saturated heterocycles. The van der Waals surface area contributed by atoms with Gasteiger partial charge in [-0.15, -0.1) is 0 Å². The van der Waals surface area contributed by atoms with Crippen LogP contribution in [0.5, 0.6) is 5.75 Å². The number of nitrogens with one attached hydrogen (secondary N) is 1. The molecule has 0 atom stereocenters.